The minimum atomic E-state index is -4.98. The van der Waals surface area contributed by atoms with E-state index in [4.69, 9.17) is 0 Å². The minimum absolute atomic E-state index is 0.0957. The zero-order valence-electron chi connectivity index (χ0n) is 14.7. The number of alkyl halides is 6. The molecule has 0 spiro atoms. The Morgan fingerprint density at radius 3 is 2.19 bits per heavy atom. The molecule has 1 fully saturated rings. The van der Waals surface area contributed by atoms with E-state index >= 15 is 0 Å². The maximum Gasteiger partial charge on any atom is 0.418 e. The number of imidazole rings is 1. The Morgan fingerprint density at radius 2 is 1.74 bits per heavy atom. The van der Waals surface area contributed by atoms with Gasteiger partial charge in [-0.15, -0.1) is 0 Å². The van der Waals surface area contributed by atoms with E-state index in [0.717, 1.165) is 0 Å². The fraction of sp³-hybridized carbons (Fsp3) is 0.588. The summed E-state index contributed by atoms with van der Waals surface area (Å²) in [4.78, 5) is 4.04. The predicted octanol–water partition coefficient (Wildman–Crippen LogP) is 3.61. The number of halogens is 6. The standard InChI is InChI=1S/C17H19F6N3O/c1-15(2,27)8-26-12-5-10(16(18,19)20)4-11(17(21,22)23)14(12)25-13(26)3-9-6-24-7-9/h4-5,9,24,27H,3,6-8H2,1-2H3. The average Bonchev–Trinajstić information content (AvgIpc) is 2.76. The fourth-order valence-corrected chi connectivity index (χ4v) is 3.12. The molecule has 0 unspecified atom stereocenters. The molecule has 10 heteroatoms. The van der Waals surface area contributed by atoms with Crippen molar-refractivity contribution in [1.29, 1.82) is 0 Å². The number of benzene rings is 1. The minimum Gasteiger partial charge on any atom is -0.389 e. The lowest BCUT2D eigenvalue weighted by Gasteiger charge is -2.28. The van der Waals surface area contributed by atoms with Gasteiger partial charge in [-0.25, -0.2) is 4.98 Å². The number of aliphatic hydroxyl groups is 1. The highest BCUT2D eigenvalue weighted by Crippen LogP contribution is 2.40. The Labute approximate surface area is 151 Å². The molecule has 2 N–H and O–H groups in total. The molecule has 2 aromatic rings. The summed E-state index contributed by atoms with van der Waals surface area (Å²) < 4.78 is 81.1. The van der Waals surface area contributed by atoms with Crippen molar-refractivity contribution < 1.29 is 31.4 Å². The third kappa shape index (κ3) is 4.21. The lowest BCUT2D eigenvalue weighted by molar-refractivity contribution is -0.142. The van der Waals surface area contributed by atoms with Crippen LogP contribution in [-0.4, -0.2) is 33.3 Å². The van der Waals surface area contributed by atoms with E-state index in [1.807, 2.05) is 0 Å². The Bertz CT molecular complexity index is 843. The number of hydrogen-bond donors (Lipinski definition) is 2. The number of rotatable bonds is 4. The molecule has 0 radical (unpaired) electrons. The van der Waals surface area contributed by atoms with Crippen LogP contribution in [-0.2, 0) is 25.3 Å². The van der Waals surface area contributed by atoms with E-state index in [0.29, 0.717) is 25.6 Å². The molecule has 1 aliphatic rings. The highest BCUT2D eigenvalue weighted by Gasteiger charge is 2.40. The van der Waals surface area contributed by atoms with Crippen LogP contribution in [0.25, 0.3) is 11.0 Å². The first kappa shape index (κ1) is 19.9. The van der Waals surface area contributed by atoms with Gasteiger partial charge in [-0.05, 0) is 45.0 Å². The molecular weight excluding hydrogens is 376 g/mol. The Kier molecular flexibility index (Phi) is 4.70. The molecule has 1 aromatic heterocycles. The van der Waals surface area contributed by atoms with Crippen molar-refractivity contribution in [2.75, 3.05) is 13.1 Å². The predicted molar refractivity (Wildman–Crippen MR) is 86.1 cm³/mol. The second kappa shape index (κ2) is 6.37. The van der Waals surface area contributed by atoms with Crippen molar-refractivity contribution in [2.24, 2.45) is 5.92 Å². The quantitative estimate of drug-likeness (QED) is 0.778. The van der Waals surface area contributed by atoms with Crippen LogP contribution in [0.5, 0.6) is 0 Å². The highest BCUT2D eigenvalue weighted by molar-refractivity contribution is 5.81. The smallest absolute Gasteiger partial charge is 0.389 e. The molecule has 1 aromatic carbocycles. The summed E-state index contributed by atoms with van der Waals surface area (Å²) >= 11 is 0. The lowest BCUT2D eigenvalue weighted by Crippen LogP contribution is -2.43. The largest absolute Gasteiger partial charge is 0.418 e. The number of hydrogen-bond acceptors (Lipinski definition) is 3. The second-order valence-electron chi connectivity index (χ2n) is 7.54. The number of aromatic nitrogens is 2. The first-order valence-electron chi connectivity index (χ1n) is 8.36. The van der Waals surface area contributed by atoms with Crippen molar-refractivity contribution in [3.63, 3.8) is 0 Å². The average molecular weight is 395 g/mol. The van der Waals surface area contributed by atoms with Crippen LogP contribution < -0.4 is 5.32 Å². The Morgan fingerprint density at radius 1 is 1.11 bits per heavy atom. The van der Waals surface area contributed by atoms with E-state index in [9.17, 15) is 31.4 Å². The van der Waals surface area contributed by atoms with E-state index in [-0.39, 0.29) is 29.9 Å². The van der Waals surface area contributed by atoms with Crippen LogP contribution in [0.3, 0.4) is 0 Å². The van der Waals surface area contributed by atoms with Gasteiger partial charge in [-0.2, -0.15) is 26.3 Å². The second-order valence-corrected chi connectivity index (χ2v) is 7.54. The summed E-state index contributed by atoms with van der Waals surface area (Å²) in [5.41, 5.74) is -4.96. The molecule has 0 bridgehead atoms. The van der Waals surface area contributed by atoms with Gasteiger partial charge < -0.3 is 15.0 Å². The van der Waals surface area contributed by atoms with Gasteiger partial charge in [-0.1, -0.05) is 0 Å². The summed E-state index contributed by atoms with van der Waals surface area (Å²) in [5, 5.41) is 13.2. The van der Waals surface area contributed by atoms with Gasteiger partial charge in [0.25, 0.3) is 0 Å². The van der Waals surface area contributed by atoms with Crippen LogP contribution in [0, 0.1) is 5.92 Å². The third-order valence-corrected chi connectivity index (χ3v) is 4.45. The number of fused-ring (bicyclic) bond motifs is 1. The maximum absolute atomic E-state index is 13.4. The summed E-state index contributed by atoms with van der Waals surface area (Å²) in [6.07, 6.45) is -9.60. The van der Waals surface area contributed by atoms with Gasteiger partial charge in [-0.3, -0.25) is 0 Å². The number of nitrogens with one attached hydrogen (secondary N) is 1. The molecule has 1 saturated heterocycles. The van der Waals surface area contributed by atoms with E-state index in [1.54, 1.807) is 0 Å². The van der Waals surface area contributed by atoms with Gasteiger partial charge in [0.05, 0.1) is 28.8 Å². The van der Waals surface area contributed by atoms with Crippen molar-refractivity contribution in [3.05, 3.63) is 29.1 Å². The third-order valence-electron chi connectivity index (χ3n) is 4.45. The SMILES string of the molecule is CC(C)(O)Cn1c(CC2CNC2)nc2c(C(F)(F)F)cc(C(F)(F)F)cc21. The van der Waals surface area contributed by atoms with Crippen LogP contribution in [0.4, 0.5) is 26.3 Å². The van der Waals surface area contributed by atoms with Crippen molar-refractivity contribution >= 4 is 11.0 Å². The van der Waals surface area contributed by atoms with Crippen molar-refractivity contribution in [2.45, 2.75) is 44.8 Å². The van der Waals surface area contributed by atoms with Crippen LogP contribution >= 0.6 is 0 Å². The molecule has 3 rings (SSSR count). The van der Waals surface area contributed by atoms with Crippen molar-refractivity contribution in [1.82, 2.24) is 14.9 Å². The van der Waals surface area contributed by atoms with Gasteiger partial charge in [0, 0.05) is 6.42 Å². The molecule has 2 heterocycles. The topological polar surface area (TPSA) is 50.1 Å². The van der Waals surface area contributed by atoms with Gasteiger partial charge in [0.1, 0.15) is 11.3 Å². The first-order chi connectivity index (χ1) is 12.3. The summed E-state index contributed by atoms with van der Waals surface area (Å²) in [6, 6.07) is 0.768. The summed E-state index contributed by atoms with van der Waals surface area (Å²) in [7, 11) is 0. The number of nitrogens with zero attached hydrogens (tertiary/aromatic N) is 2. The molecule has 1 aliphatic heterocycles. The molecule has 0 atom stereocenters. The first-order valence-corrected chi connectivity index (χ1v) is 8.36. The molecule has 0 saturated carbocycles. The lowest BCUT2D eigenvalue weighted by atomic mass is 9.99. The highest BCUT2D eigenvalue weighted by atomic mass is 19.4. The Balaban J connectivity index is 2.26. The van der Waals surface area contributed by atoms with E-state index in [1.165, 1.54) is 18.4 Å². The van der Waals surface area contributed by atoms with Crippen molar-refractivity contribution in [3.8, 4) is 0 Å². The van der Waals surface area contributed by atoms with E-state index in [2.05, 4.69) is 10.3 Å². The summed E-state index contributed by atoms with van der Waals surface area (Å²) in [6.45, 7) is 4.02. The molecule has 27 heavy (non-hydrogen) atoms. The van der Waals surface area contributed by atoms with Crippen LogP contribution in [0.1, 0.15) is 30.8 Å². The Hall–Kier alpha value is -1.81. The molecule has 0 aliphatic carbocycles. The monoisotopic (exact) mass is 395 g/mol. The molecule has 0 amide bonds. The van der Waals surface area contributed by atoms with Gasteiger partial charge in [0.15, 0.2) is 0 Å². The molecular formula is C17H19F6N3O. The fourth-order valence-electron chi connectivity index (χ4n) is 3.12. The van der Waals surface area contributed by atoms with Gasteiger partial charge >= 0.3 is 12.4 Å². The van der Waals surface area contributed by atoms with Crippen LogP contribution in [0.2, 0.25) is 0 Å². The molecule has 150 valence electrons. The summed E-state index contributed by atoms with van der Waals surface area (Å²) in [5.74, 6) is 0.377. The molecule has 4 nitrogen and oxygen atoms in total. The van der Waals surface area contributed by atoms with Crippen LogP contribution in [0.15, 0.2) is 12.1 Å². The van der Waals surface area contributed by atoms with Gasteiger partial charge in [0.2, 0.25) is 0 Å². The normalized spacial score (nSPS) is 16.8. The maximum atomic E-state index is 13.4. The van der Waals surface area contributed by atoms with E-state index < -0.39 is 34.6 Å². The zero-order valence-corrected chi connectivity index (χ0v) is 14.7. The zero-order chi connectivity index (χ0) is 20.2.